The Balaban J connectivity index is 3.07. The summed E-state index contributed by atoms with van der Waals surface area (Å²) in [4.78, 5) is 3.93. The lowest BCUT2D eigenvalue weighted by molar-refractivity contribution is 0.263. The van der Waals surface area contributed by atoms with Crippen molar-refractivity contribution >= 4 is 5.69 Å². The molecule has 1 aromatic rings. The first-order chi connectivity index (χ1) is 6.19. The van der Waals surface area contributed by atoms with Crippen molar-refractivity contribution in [1.82, 2.24) is 4.98 Å². The zero-order valence-corrected chi connectivity index (χ0v) is 7.40. The van der Waals surface area contributed by atoms with Gasteiger partial charge in [-0.1, -0.05) is 0 Å². The van der Waals surface area contributed by atoms with E-state index >= 15 is 0 Å². The van der Waals surface area contributed by atoms with Crippen LogP contribution in [-0.2, 0) is 0 Å². The van der Waals surface area contributed by atoms with Crippen LogP contribution in [0, 0.1) is 0 Å². The summed E-state index contributed by atoms with van der Waals surface area (Å²) in [6.45, 7) is -0.165. The molecule has 0 bridgehead atoms. The molecular formula is C8H13N3O2. The number of hydrogen-bond donors (Lipinski definition) is 3. The van der Waals surface area contributed by atoms with E-state index in [2.05, 4.69) is 4.98 Å². The third-order valence-electron chi connectivity index (χ3n) is 1.69. The van der Waals surface area contributed by atoms with Gasteiger partial charge in [0.25, 0.3) is 0 Å². The molecule has 5 N–H and O–H groups in total. The highest BCUT2D eigenvalue weighted by Crippen LogP contribution is 2.22. The first-order valence-electron chi connectivity index (χ1n) is 3.85. The van der Waals surface area contributed by atoms with Crippen molar-refractivity contribution in [3.8, 4) is 5.88 Å². The van der Waals surface area contributed by atoms with Gasteiger partial charge in [-0.05, 0) is 6.07 Å². The fourth-order valence-electron chi connectivity index (χ4n) is 1.02. The Morgan fingerprint density at radius 3 is 2.92 bits per heavy atom. The highest BCUT2D eigenvalue weighted by molar-refractivity contribution is 5.43. The Bertz CT molecular complexity index is 291. The van der Waals surface area contributed by atoms with Gasteiger partial charge in [0.05, 0.1) is 31.6 Å². The maximum absolute atomic E-state index is 8.85. The molecule has 1 unspecified atom stereocenters. The Morgan fingerprint density at radius 2 is 2.38 bits per heavy atom. The zero-order valence-electron chi connectivity index (χ0n) is 7.40. The summed E-state index contributed by atoms with van der Waals surface area (Å²) >= 11 is 0. The van der Waals surface area contributed by atoms with Crippen LogP contribution < -0.4 is 16.2 Å². The number of methoxy groups -OCH3 is 1. The van der Waals surface area contributed by atoms with E-state index in [1.54, 1.807) is 6.07 Å². The van der Waals surface area contributed by atoms with Crippen LogP contribution in [0.25, 0.3) is 0 Å². The predicted molar refractivity (Wildman–Crippen MR) is 49.2 cm³/mol. The maximum Gasteiger partial charge on any atom is 0.218 e. The van der Waals surface area contributed by atoms with Gasteiger partial charge in [0.1, 0.15) is 0 Å². The second-order valence-corrected chi connectivity index (χ2v) is 2.66. The number of aliphatic hydroxyl groups excluding tert-OH is 1. The normalized spacial score (nSPS) is 12.5. The SMILES string of the molecule is COc1ncc(N)cc1C(N)CO. The first-order valence-corrected chi connectivity index (χ1v) is 3.85. The van der Waals surface area contributed by atoms with Crippen LogP contribution in [0.4, 0.5) is 5.69 Å². The third-order valence-corrected chi connectivity index (χ3v) is 1.69. The molecule has 1 aromatic heterocycles. The molecule has 1 atom stereocenters. The minimum absolute atomic E-state index is 0.165. The van der Waals surface area contributed by atoms with Gasteiger partial charge in [-0.25, -0.2) is 4.98 Å². The molecule has 0 saturated carbocycles. The summed E-state index contributed by atoms with van der Waals surface area (Å²) < 4.78 is 4.97. The zero-order chi connectivity index (χ0) is 9.84. The van der Waals surface area contributed by atoms with Gasteiger partial charge < -0.3 is 21.3 Å². The quantitative estimate of drug-likeness (QED) is 0.596. The Hall–Kier alpha value is -1.33. The first kappa shape index (κ1) is 9.76. The van der Waals surface area contributed by atoms with E-state index in [1.807, 2.05) is 0 Å². The average molecular weight is 183 g/mol. The topological polar surface area (TPSA) is 94.4 Å². The maximum atomic E-state index is 8.85. The fraction of sp³-hybridized carbons (Fsp3) is 0.375. The summed E-state index contributed by atoms with van der Waals surface area (Å²) in [5, 5.41) is 8.85. The van der Waals surface area contributed by atoms with Gasteiger partial charge in [0.2, 0.25) is 5.88 Å². The molecule has 0 amide bonds. The molecule has 0 aliphatic rings. The van der Waals surface area contributed by atoms with E-state index in [-0.39, 0.29) is 6.61 Å². The molecule has 1 heterocycles. The lowest BCUT2D eigenvalue weighted by atomic mass is 10.1. The fourth-order valence-corrected chi connectivity index (χ4v) is 1.02. The number of pyridine rings is 1. The number of nitrogens with two attached hydrogens (primary N) is 2. The lowest BCUT2D eigenvalue weighted by Gasteiger charge is -2.12. The highest BCUT2D eigenvalue weighted by Gasteiger charge is 2.12. The number of nitrogens with zero attached hydrogens (tertiary/aromatic N) is 1. The van der Waals surface area contributed by atoms with E-state index in [0.717, 1.165) is 0 Å². The molecule has 13 heavy (non-hydrogen) atoms. The number of aromatic nitrogens is 1. The second-order valence-electron chi connectivity index (χ2n) is 2.66. The van der Waals surface area contributed by atoms with Crippen LogP contribution in [0.15, 0.2) is 12.3 Å². The van der Waals surface area contributed by atoms with Gasteiger partial charge in [-0.2, -0.15) is 0 Å². The van der Waals surface area contributed by atoms with Crippen LogP contribution in [0.1, 0.15) is 11.6 Å². The van der Waals surface area contributed by atoms with Crippen molar-refractivity contribution in [2.75, 3.05) is 19.5 Å². The van der Waals surface area contributed by atoms with Gasteiger partial charge in [-0.3, -0.25) is 0 Å². The summed E-state index contributed by atoms with van der Waals surface area (Å²) in [6, 6.07) is 1.14. The molecule has 1 rings (SSSR count). The number of hydrogen-bond acceptors (Lipinski definition) is 5. The number of nitrogen functional groups attached to an aromatic ring is 1. The molecule has 0 aromatic carbocycles. The molecule has 0 radical (unpaired) electrons. The van der Waals surface area contributed by atoms with Gasteiger partial charge in [0, 0.05) is 5.56 Å². The molecule has 72 valence electrons. The number of anilines is 1. The van der Waals surface area contributed by atoms with E-state index in [1.165, 1.54) is 13.3 Å². The molecule has 0 spiro atoms. The number of rotatable bonds is 3. The Labute approximate surface area is 76.3 Å². The minimum Gasteiger partial charge on any atom is -0.481 e. The van der Waals surface area contributed by atoms with Crippen LogP contribution in [0.5, 0.6) is 5.88 Å². The Morgan fingerprint density at radius 1 is 1.69 bits per heavy atom. The monoisotopic (exact) mass is 183 g/mol. The Kier molecular flexibility index (Phi) is 3.05. The van der Waals surface area contributed by atoms with Crippen LogP contribution in [0.3, 0.4) is 0 Å². The van der Waals surface area contributed by atoms with Crippen molar-refractivity contribution in [3.05, 3.63) is 17.8 Å². The summed E-state index contributed by atoms with van der Waals surface area (Å²) in [5.41, 5.74) is 12.2. The van der Waals surface area contributed by atoms with Gasteiger partial charge in [0.15, 0.2) is 0 Å². The highest BCUT2D eigenvalue weighted by atomic mass is 16.5. The minimum atomic E-state index is -0.508. The van der Waals surface area contributed by atoms with Crippen LogP contribution in [0.2, 0.25) is 0 Å². The van der Waals surface area contributed by atoms with Crippen molar-refractivity contribution in [2.45, 2.75) is 6.04 Å². The van der Waals surface area contributed by atoms with Crippen molar-refractivity contribution < 1.29 is 9.84 Å². The lowest BCUT2D eigenvalue weighted by Crippen LogP contribution is -2.16. The molecule has 5 heteroatoms. The number of ether oxygens (including phenoxy) is 1. The van der Waals surface area contributed by atoms with Crippen LogP contribution >= 0.6 is 0 Å². The van der Waals surface area contributed by atoms with Crippen LogP contribution in [-0.4, -0.2) is 23.8 Å². The number of aliphatic hydroxyl groups is 1. The van der Waals surface area contributed by atoms with Crippen molar-refractivity contribution in [2.24, 2.45) is 5.73 Å². The largest absolute Gasteiger partial charge is 0.481 e. The third kappa shape index (κ3) is 2.07. The van der Waals surface area contributed by atoms with Crippen molar-refractivity contribution in [1.29, 1.82) is 0 Å². The van der Waals surface area contributed by atoms with E-state index in [4.69, 9.17) is 21.3 Å². The summed E-state index contributed by atoms with van der Waals surface area (Å²) in [7, 11) is 1.49. The van der Waals surface area contributed by atoms with Gasteiger partial charge in [-0.15, -0.1) is 0 Å². The summed E-state index contributed by atoms with van der Waals surface area (Å²) in [5.74, 6) is 0.399. The average Bonchev–Trinajstić information content (AvgIpc) is 2.16. The molecular weight excluding hydrogens is 170 g/mol. The molecule has 0 aliphatic heterocycles. The van der Waals surface area contributed by atoms with Gasteiger partial charge >= 0.3 is 0 Å². The van der Waals surface area contributed by atoms with E-state index in [0.29, 0.717) is 17.1 Å². The molecule has 0 saturated heterocycles. The molecule has 5 nitrogen and oxygen atoms in total. The van der Waals surface area contributed by atoms with E-state index in [9.17, 15) is 0 Å². The smallest absolute Gasteiger partial charge is 0.218 e. The summed E-state index contributed by atoms with van der Waals surface area (Å²) in [6.07, 6.45) is 1.48. The molecule has 0 fully saturated rings. The van der Waals surface area contributed by atoms with E-state index < -0.39 is 6.04 Å². The van der Waals surface area contributed by atoms with Crippen molar-refractivity contribution in [3.63, 3.8) is 0 Å². The second kappa shape index (κ2) is 4.06. The predicted octanol–water partition coefficient (Wildman–Crippen LogP) is -0.336. The standard InChI is InChI=1S/C8H13N3O2/c1-13-8-6(7(10)4-12)2-5(9)3-11-8/h2-3,7,12H,4,9-10H2,1H3. The molecule has 0 aliphatic carbocycles.